The number of nitrogens with one attached hydrogen (secondary N) is 1. The first-order valence-electron chi connectivity index (χ1n) is 6.41. The molecule has 0 radical (unpaired) electrons. The Kier molecular flexibility index (Phi) is 2.82. The Balaban J connectivity index is 1.83. The zero-order chi connectivity index (χ0) is 12.7. The van der Waals surface area contributed by atoms with E-state index in [9.17, 15) is 4.39 Å². The Morgan fingerprint density at radius 1 is 1.44 bits per heavy atom. The minimum atomic E-state index is -0.263. The van der Waals surface area contributed by atoms with Crippen LogP contribution in [0.1, 0.15) is 30.9 Å². The molecule has 4 heteroatoms. The first-order chi connectivity index (χ1) is 8.65. The summed E-state index contributed by atoms with van der Waals surface area (Å²) in [4.78, 5) is 2.09. The van der Waals surface area contributed by atoms with Gasteiger partial charge in [-0.25, -0.2) is 4.39 Å². The first kappa shape index (κ1) is 11.7. The molecule has 2 aliphatic heterocycles. The molecule has 3 rings (SSSR count). The third kappa shape index (κ3) is 1.90. The van der Waals surface area contributed by atoms with E-state index in [0.717, 1.165) is 37.1 Å². The highest BCUT2D eigenvalue weighted by Crippen LogP contribution is 2.29. The maximum absolute atomic E-state index is 13.2. The summed E-state index contributed by atoms with van der Waals surface area (Å²) in [5, 5.41) is 8.21. The average Bonchev–Trinajstić information content (AvgIpc) is 2.67. The van der Waals surface area contributed by atoms with Crippen LogP contribution in [0, 0.1) is 11.2 Å². The molecule has 1 fully saturated rings. The van der Waals surface area contributed by atoms with Gasteiger partial charge in [-0.3, -0.25) is 5.41 Å². The number of fused-ring (bicyclic) bond motifs is 1. The van der Waals surface area contributed by atoms with Crippen LogP contribution in [-0.4, -0.2) is 29.5 Å². The maximum Gasteiger partial charge on any atom is 0.129 e. The fraction of sp³-hybridized carbons (Fsp3) is 0.500. The van der Waals surface area contributed by atoms with Gasteiger partial charge in [0.1, 0.15) is 11.7 Å². The molecular formula is C14H17FN2O. The van der Waals surface area contributed by atoms with Gasteiger partial charge in [0.15, 0.2) is 0 Å². The Hall–Kier alpha value is -1.42. The Morgan fingerprint density at radius 3 is 3.06 bits per heavy atom. The van der Waals surface area contributed by atoms with Crippen molar-refractivity contribution in [1.82, 2.24) is 4.90 Å². The Morgan fingerprint density at radius 2 is 2.28 bits per heavy atom. The van der Waals surface area contributed by atoms with E-state index in [2.05, 4.69) is 11.8 Å². The summed E-state index contributed by atoms with van der Waals surface area (Å²) in [7, 11) is 0. The molecule has 3 nitrogen and oxygen atoms in total. The molecule has 0 aromatic heterocycles. The summed E-state index contributed by atoms with van der Waals surface area (Å²) in [6.07, 6.45) is 2.14. The normalized spacial score (nSPS) is 27.4. The smallest absolute Gasteiger partial charge is 0.129 e. The van der Waals surface area contributed by atoms with E-state index >= 15 is 0 Å². The summed E-state index contributed by atoms with van der Waals surface area (Å²) in [6, 6.07) is 5.08. The van der Waals surface area contributed by atoms with E-state index in [1.807, 2.05) is 0 Å². The molecule has 0 spiro atoms. The van der Waals surface area contributed by atoms with Gasteiger partial charge in [-0.05, 0) is 37.5 Å². The summed E-state index contributed by atoms with van der Waals surface area (Å²) >= 11 is 0. The van der Waals surface area contributed by atoms with Crippen LogP contribution in [0.5, 0.6) is 0 Å². The molecule has 1 saturated heterocycles. The standard InChI is InChI=1S/C14H17FN2O/c1-9-6-12(4-5-18-9)17-8-10-2-3-11(15)7-13(10)14(17)16/h2-3,7,9,12,16H,4-6,8H2,1H3. The van der Waals surface area contributed by atoms with E-state index in [-0.39, 0.29) is 11.9 Å². The van der Waals surface area contributed by atoms with Gasteiger partial charge in [0.2, 0.25) is 0 Å². The third-order valence-electron chi connectivity index (χ3n) is 3.85. The molecule has 96 valence electrons. The molecule has 2 heterocycles. The lowest BCUT2D eigenvalue weighted by atomic mass is 10.0. The van der Waals surface area contributed by atoms with Gasteiger partial charge in [0.25, 0.3) is 0 Å². The predicted molar refractivity (Wildman–Crippen MR) is 67.2 cm³/mol. The van der Waals surface area contributed by atoms with E-state index in [4.69, 9.17) is 10.1 Å². The number of rotatable bonds is 1. The van der Waals surface area contributed by atoms with Crippen LogP contribution in [0.2, 0.25) is 0 Å². The quantitative estimate of drug-likeness (QED) is 0.829. The topological polar surface area (TPSA) is 36.3 Å². The molecule has 2 unspecified atom stereocenters. The summed E-state index contributed by atoms with van der Waals surface area (Å²) in [5.74, 6) is 0.198. The van der Waals surface area contributed by atoms with Gasteiger partial charge in [-0.1, -0.05) is 6.07 Å². The lowest BCUT2D eigenvalue weighted by Gasteiger charge is -2.35. The second-order valence-corrected chi connectivity index (χ2v) is 5.14. The minimum Gasteiger partial charge on any atom is -0.378 e. The zero-order valence-electron chi connectivity index (χ0n) is 10.4. The van der Waals surface area contributed by atoms with Crippen LogP contribution in [0.25, 0.3) is 0 Å². The van der Waals surface area contributed by atoms with E-state index < -0.39 is 0 Å². The van der Waals surface area contributed by atoms with Crippen molar-refractivity contribution in [3.05, 3.63) is 35.1 Å². The number of ether oxygens (including phenoxy) is 1. The molecule has 0 amide bonds. The van der Waals surface area contributed by atoms with Crippen LogP contribution in [0.4, 0.5) is 4.39 Å². The van der Waals surface area contributed by atoms with Crippen LogP contribution < -0.4 is 0 Å². The number of nitrogens with zero attached hydrogens (tertiary/aromatic N) is 1. The molecule has 18 heavy (non-hydrogen) atoms. The third-order valence-corrected chi connectivity index (χ3v) is 3.85. The number of halogens is 1. The van der Waals surface area contributed by atoms with Crippen molar-refractivity contribution in [2.75, 3.05) is 6.61 Å². The first-order valence-corrected chi connectivity index (χ1v) is 6.41. The van der Waals surface area contributed by atoms with Crippen molar-refractivity contribution < 1.29 is 9.13 Å². The lowest BCUT2D eigenvalue weighted by Crippen LogP contribution is -2.41. The number of amidine groups is 1. The molecular weight excluding hydrogens is 231 g/mol. The van der Waals surface area contributed by atoms with Crippen LogP contribution in [-0.2, 0) is 11.3 Å². The minimum absolute atomic E-state index is 0.247. The van der Waals surface area contributed by atoms with Crippen molar-refractivity contribution in [3.63, 3.8) is 0 Å². The number of benzene rings is 1. The van der Waals surface area contributed by atoms with Gasteiger partial charge in [-0.2, -0.15) is 0 Å². The monoisotopic (exact) mass is 248 g/mol. The van der Waals surface area contributed by atoms with Crippen molar-refractivity contribution in [1.29, 1.82) is 5.41 Å². The Labute approximate surface area is 106 Å². The Bertz CT molecular complexity index is 489. The average molecular weight is 248 g/mol. The molecule has 0 aliphatic carbocycles. The maximum atomic E-state index is 13.2. The molecule has 2 aliphatic rings. The van der Waals surface area contributed by atoms with E-state index in [0.29, 0.717) is 11.9 Å². The van der Waals surface area contributed by atoms with Crippen molar-refractivity contribution in [2.45, 2.75) is 38.5 Å². The largest absolute Gasteiger partial charge is 0.378 e. The summed E-state index contributed by atoms with van der Waals surface area (Å²) in [5.41, 5.74) is 1.80. The van der Waals surface area contributed by atoms with Crippen molar-refractivity contribution >= 4 is 5.84 Å². The fourth-order valence-electron chi connectivity index (χ4n) is 2.89. The molecule has 1 N–H and O–H groups in total. The van der Waals surface area contributed by atoms with Gasteiger partial charge in [-0.15, -0.1) is 0 Å². The second kappa shape index (κ2) is 4.35. The van der Waals surface area contributed by atoms with Crippen LogP contribution in [0.15, 0.2) is 18.2 Å². The SMILES string of the molecule is CC1CC(N2Cc3ccc(F)cc3C2=N)CCO1. The van der Waals surface area contributed by atoms with Gasteiger partial charge >= 0.3 is 0 Å². The second-order valence-electron chi connectivity index (χ2n) is 5.14. The predicted octanol–water partition coefficient (Wildman–Crippen LogP) is 2.53. The number of hydrogen-bond acceptors (Lipinski definition) is 2. The highest BCUT2D eigenvalue weighted by molar-refractivity contribution is 6.00. The fourth-order valence-corrected chi connectivity index (χ4v) is 2.89. The molecule has 1 aromatic rings. The van der Waals surface area contributed by atoms with Crippen molar-refractivity contribution in [2.24, 2.45) is 0 Å². The summed E-state index contributed by atoms with van der Waals surface area (Å²) in [6.45, 7) is 3.55. The molecule has 0 saturated carbocycles. The molecule has 0 bridgehead atoms. The van der Waals surface area contributed by atoms with Crippen molar-refractivity contribution in [3.8, 4) is 0 Å². The highest BCUT2D eigenvalue weighted by atomic mass is 19.1. The van der Waals surface area contributed by atoms with Gasteiger partial charge in [0, 0.05) is 24.8 Å². The molecule has 1 aromatic carbocycles. The summed E-state index contributed by atoms with van der Waals surface area (Å²) < 4.78 is 18.8. The molecule has 2 atom stereocenters. The van der Waals surface area contributed by atoms with Crippen LogP contribution in [0.3, 0.4) is 0 Å². The number of hydrogen-bond donors (Lipinski definition) is 1. The van der Waals surface area contributed by atoms with Gasteiger partial charge in [0.05, 0.1) is 6.10 Å². The zero-order valence-corrected chi connectivity index (χ0v) is 10.4. The van der Waals surface area contributed by atoms with E-state index in [1.165, 1.54) is 12.1 Å². The highest BCUT2D eigenvalue weighted by Gasteiger charge is 2.32. The lowest BCUT2D eigenvalue weighted by molar-refractivity contribution is -0.00370. The van der Waals surface area contributed by atoms with Gasteiger partial charge < -0.3 is 9.64 Å². The van der Waals surface area contributed by atoms with Crippen LogP contribution >= 0.6 is 0 Å². The van der Waals surface area contributed by atoms with E-state index in [1.54, 1.807) is 6.07 Å².